The van der Waals surface area contributed by atoms with E-state index in [-0.39, 0.29) is 23.1 Å². The van der Waals surface area contributed by atoms with Gasteiger partial charge in [0.15, 0.2) is 0 Å². The molecule has 1 saturated heterocycles. The van der Waals surface area contributed by atoms with Crippen LogP contribution in [-0.4, -0.2) is 41.3 Å². The normalized spacial score (nSPS) is 20.6. The third-order valence-electron chi connectivity index (χ3n) is 6.56. The molecule has 1 aromatic heterocycles. The van der Waals surface area contributed by atoms with Crippen molar-refractivity contribution in [1.82, 2.24) is 15.2 Å². The molecule has 1 aromatic carbocycles. The van der Waals surface area contributed by atoms with Crippen molar-refractivity contribution in [2.24, 2.45) is 11.3 Å². The molecule has 152 valence electrons. The molecule has 4 rings (SSSR count). The lowest BCUT2D eigenvalue weighted by molar-refractivity contribution is -0.128. The second-order valence-electron chi connectivity index (χ2n) is 8.43. The number of amides is 2. The Balaban J connectivity index is 1.44. The SMILES string of the molecule is O=C(NCCc1cccnc1)C1CN(C(=O)c2ccccc2)CC12CCCCC2. The fourth-order valence-electron chi connectivity index (χ4n) is 5.01. The van der Waals surface area contributed by atoms with E-state index in [1.807, 2.05) is 53.6 Å². The van der Waals surface area contributed by atoms with Gasteiger partial charge in [-0.05, 0) is 43.0 Å². The summed E-state index contributed by atoms with van der Waals surface area (Å²) in [5.41, 5.74) is 1.75. The van der Waals surface area contributed by atoms with Crippen molar-refractivity contribution >= 4 is 11.8 Å². The van der Waals surface area contributed by atoms with Crippen LogP contribution in [0.3, 0.4) is 0 Å². The van der Waals surface area contributed by atoms with Gasteiger partial charge in [-0.15, -0.1) is 0 Å². The van der Waals surface area contributed by atoms with Crippen LogP contribution in [0.5, 0.6) is 0 Å². The number of rotatable bonds is 5. The Labute approximate surface area is 172 Å². The van der Waals surface area contributed by atoms with Gasteiger partial charge in [-0.25, -0.2) is 0 Å². The van der Waals surface area contributed by atoms with Gasteiger partial charge in [0, 0.05) is 43.0 Å². The van der Waals surface area contributed by atoms with Crippen LogP contribution in [0.4, 0.5) is 0 Å². The van der Waals surface area contributed by atoms with Crippen molar-refractivity contribution in [3.63, 3.8) is 0 Å². The summed E-state index contributed by atoms with van der Waals surface area (Å²) in [6.45, 7) is 1.82. The Kier molecular flexibility index (Phi) is 5.93. The summed E-state index contributed by atoms with van der Waals surface area (Å²) in [6.07, 6.45) is 9.95. The Morgan fingerprint density at radius 3 is 2.59 bits per heavy atom. The molecule has 1 aliphatic heterocycles. The first kappa shape index (κ1) is 19.6. The van der Waals surface area contributed by atoms with Crippen molar-refractivity contribution in [2.45, 2.75) is 38.5 Å². The van der Waals surface area contributed by atoms with Gasteiger partial charge < -0.3 is 10.2 Å². The van der Waals surface area contributed by atoms with E-state index < -0.39 is 0 Å². The highest BCUT2D eigenvalue weighted by Crippen LogP contribution is 2.47. The maximum atomic E-state index is 13.1. The van der Waals surface area contributed by atoms with Crippen LogP contribution in [0.1, 0.15) is 48.0 Å². The molecule has 1 spiro atoms. The zero-order valence-electron chi connectivity index (χ0n) is 16.8. The molecule has 2 aliphatic rings. The first-order valence-electron chi connectivity index (χ1n) is 10.7. The second kappa shape index (κ2) is 8.76. The molecule has 5 heteroatoms. The van der Waals surface area contributed by atoms with Crippen LogP contribution < -0.4 is 5.32 Å². The highest BCUT2D eigenvalue weighted by molar-refractivity contribution is 5.95. The number of carbonyl (C=O) groups excluding carboxylic acids is 2. The maximum absolute atomic E-state index is 13.1. The van der Waals surface area contributed by atoms with Crippen molar-refractivity contribution < 1.29 is 9.59 Å². The predicted octanol–water partition coefficient (Wildman–Crippen LogP) is 3.46. The molecule has 2 heterocycles. The summed E-state index contributed by atoms with van der Waals surface area (Å²) in [7, 11) is 0. The summed E-state index contributed by atoms with van der Waals surface area (Å²) in [5, 5.41) is 3.14. The average molecular weight is 392 g/mol. The first-order chi connectivity index (χ1) is 14.2. The van der Waals surface area contributed by atoms with E-state index >= 15 is 0 Å². The molecular formula is C24H29N3O2. The topological polar surface area (TPSA) is 62.3 Å². The van der Waals surface area contributed by atoms with E-state index in [4.69, 9.17) is 0 Å². The first-order valence-corrected chi connectivity index (χ1v) is 10.7. The lowest BCUT2D eigenvalue weighted by Gasteiger charge is -2.37. The van der Waals surface area contributed by atoms with Gasteiger partial charge in [-0.1, -0.05) is 43.5 Å². The molecule has 2 amide bonds. The second-order valence-corrected chi connectivity index (χ2v) is 8.43. The standard InChI is InChI=1S/C24H29N3O2/c28-22(26-15-11-19-8-7-14-25-16-19)21-17-27(18-24(21)12-5-2-6-13-24)23(29)20-9-3-1-4-10-20/h1,3-4,7-10,14,16,21H,2,5-6,11-13,15,17-18H2,(H,26,28). The van der Waals surface area contributed by atoms with Crippen molar-refractivity contribution in [3.8, 4) is 0 Å². The Bertz CT molecular complexity index is 832. The molecule has 0 radical (unpaired) electrons. The number of nitrogens with zero attached hydrogens (tertiary/aromatic N) is 2. The molecule has 0 bridgehead atoms. The van der Waals surface area contributed by atoms with E-state index in [2.05, 4.69) is 10.3 Å². The number of carbonyl (C=O) groups is 2. The minimum absolute atomic E-state index is 0.0428. The van der Waals surface area contributed by atoms with Crippen LogP contribution in [0.25, 0.3) is 0 Å². The molecule has 1 unspecified atom stereocenters. The number of nitrogens with one attached hydrogen (secondary N) is 1. The van der Waals surface area contributed by atoms with Crippen LogP contribution >= 0.6 is 0 Å². The maximum Gasteiger partial charge on any atom is 0.253 e. The summed E-state index contributed by atoms with van der Waals surface area (Å²) in [4.78, 5) is 32.2. The van der Waals surface area contributed by atoms with Crippen LogP contribution in [0.15, 0.2) is 54.9 Å². The Hall–Kier alpha value is -2.69. The summed E-state index contributed by atoms with van der Waals surface area (Å²) in [6, 6.07) is 13.4. The fraction of sp³-hybridized carbons (Fsp3) is 0.458. The quantitative estimate of drug-likeness (QED) is 0.849. The average Bonchev–Trinajstić information content (AvgIpc) is 3.13. The third-order valence-corrected chi connectivity index (χ3v) is 6.56. The van der Waals surface area contributed by atoms with Crippen molar-refractivity contribution in [2.75, 3.05) is 19.6 Å². The van der Waals surface area contributed by atoms with Gasteiger partial charge in [0.1, 0.15) is 0 Å². The van der Waals surface area contributed by atoms with Crippen LogP contribution in [-0.2, 0) is 11.2 Å². The molecule has 1 aliphatic carbocycles. The summed E-state index contributed by atoms with van der Waals surface area (Å²) in [5.74, 6) is 0.0183. The molecule has 1 saturated carbocycles. The number of pyridine rings is 1. The van der Waals surface area contributed by atoms with E-state index in [0.717, 1.165) is 37.7 Å². The summed E-state index contributed by atoms with van der Waals surface area (Å²) < 4.78 is 0. The number of benzene rings is 1. The smallest absolute Gasteiger partial charge is 0.253 e. The lowest BCUT2D eigenvalue weighted by Crippen LogP contribution is -2.43. The van der Waals surface area contributed by atoms with E-state index in [1.54, 1.807) is 6.20 Å². The zero-order chi connectivity index (χ0) is 20.1. The third kappa shape index (κ3) is 4.34. The van der Waals surface area contributed by atoms with Gasteiger partial charge in [-0.2, -0.15) is 0 Å². The van der Waals surface area contributed by atoms with Crippen molar-refractivity contribution in [3.05, 3.63) is 66.0 Å². The molecular weight excluding hydrogens is 362 g/mol. The molecule has 1 atom stereocenters. The molecule has 5 nitrogen and oxygen atoms in total. The van der Waals surface area contributed by atoms with Crippen LogP contribution in [0, 0.1) is 11.3 Å². The van der Waals surface area contributed by atoms with Gasteiger partial charge in [-0.3, -0.25) is 14.6 Å². The van der Waals surface area contributed by atoms with E-state index in [0.29, 0.717) is 25.2 Å². The summed E-state index contributed by atoms with van der Waals surface area (Å²) >= 11 is 0. The van der Waals surface area contributed by atoms with Crippen molar-refractivity contribution in [1.29, 1.82) is 0 Å². The van der Waals surface area contributed by atoms with Crippen LogP contribution in [0.2, 0.25) is 0 Å². The Morgan fingerprint density at radius 2 is 1.86 bits per heavy atom. The van der Waals surface area contributed by atoms with Gasteiger partial charge >= 0.3 is 0 Å². The van der Waals surface area contributed by atoms with Gasteiger partial charge in [0.25, 0.3) is 5.91 Å². The van der Waals surface area contributed by atoms with E-state index in [9.17, 15) is 9.59 Å². The minimum Gasteiger partial charge on any atom is -0.355 e. The Morgan fingerprint density at radius 1 is 1.07 bits per heavy atom. The molecule has 2 fully saturated rings. The molecule has 2 aromatic rings. The predicted molar refractivity (Wildman–Crippen MR) is 112 cm³/mol. The minimum atomic E-state index is -0.121. The largest absolute Gasteiger partial charge is 0.355 e. The molecule has 1 N–H and O–H groups in total. The van der Waals surface area contributed by atoms with Gasteiger partial charge in [0.05, 0.1) is 5.92 Å². The fourth-order valence-corrected chi connectivity index (χ4v) is 5.01. The number of hydrogen-bond donors (Lipinski definition) is 1. The number of hydrogen-bond acceptors (Lipinski definition) is 3. The van der Waals surface area contributed by atoms with Gasteiger partial charge in [0.2, 0.25) is 5.91 Å². The number of aromatic nitrogens is 1. The number of likely N-dealkylation sites (tertiary alicyclic amines) is 1. The highest BCUT2D eigenvalue weighted by Gasteiger charge is 2.51. The monoisotopic (exact) mass is 391 g/mol. The zero-order valence-corrected chi connectivity index (χ0v) is 16.8. The molecule has 29 heavy (non-hydrogen) atoms. The van der Waals surface area contributed by atoms with E-state index in [1.165, 1.54) is 6.42 Å². The highest BCUT2D eigenvalue weighted by atomic mass is 16.2. The lowest BCUT2D eigenvalue weighted by atomic mass is 9.67.